The van der Waals surface area contributed by atoms with Crippen LogP contribution in [0.4, 0.5) is 0 Å². The third-order valence-corrected chi connectivity index (χ3v) is 6.23. The summed E-state index contributed by atoms with van der Waals surface area (Å²) in [4.78, 5) is 0. The second-order valence-corrected chi connectivity index (χ2v) is 6.86. The molecule has 4 rings (SSSR count). The van der Waals surface area contributed by atoms with Crippen LogP contribution in [0.15, 0.2) is 24.3 Å². The number of hydrogen-bond donors (Lipinski definition) is 1. The normalized spacial score (nSPS) is 52.9. The smallest absolute Gasteiger partial charge is 0.0926 e. The summed E-state index contributed by atoms with van der Waals surface area (Å²) in [5.74, 6) is 1.42. The van der Waals surface area contributed by atoms with Crippen molar-refractivity contribution >= 4 is 0 Å². The Labute approximate surface area is 109 Å². The van der Waals surface area contributed by atoms with Gasteiger partial charge >= 0.3 is 0 Å². The maximum atomic E-state index is 11.2. The fraction of sp³-hybridized carbons (Fsp3) is 0.688. The van der Waals surface area contributed by atoms with E-state index in [-0.39, 0.29) is 5.41 Å². The largest absolute Gasteiger partial charge is 0.385 e. The van der Waals surface area contributed by atoms with Crippen LogP contribution in [-0.4, -0.2) is 10.7 Å². The Kier molecular flexibility index (Phi) is 2.18. The number of hydrogen-bond acceptors (Lipinski definition) is 2. The average Bonchev–Trinajstić information content (AvgIpc) is 2.71. The lowest BCUT2D eigenvalue weighted by Crippen LogP contribution is -2.53. The van der Waals surface area contributed by atoms with E-state index in [1.807, 2.05) is 13.0 Å². The molecule has 4 bridgehead atoms. The Morgan fingerprint density at radius 1 is 1.50 bits per heavy atom. The maximum absolute atomic E-state index is 11.2. The molecule has 0 spiro atoms. The third-order valence-electron chi connectivity index (χ3n) is 6.23. The van der Waals surface area contributed by atoms with E-state index < -0.39 is 5.60 Å². The molecule has 0 radical (unpaired) electrons. The van der Waals surface area contributed by atoms with Crippen LogP contribution in [0.2, 0.25) is 0 Å². The van der Waals surface area contributed by atoms with Crippen molar-refractivity contribution in [3.05, 3.63) is 24.3 Å². The number of nitrogens with zero attached hydrogens (tertiary/aromatic N) is 1. The van der Waals surface area contributed by atoms with Crippen LogP contribution in [0.5, 0.6) is 0 Å². The Morgan fingerprint density at radius 2 is 2.17 bits per heavy atom. The molecule has 0 amide bonds. The molecular formula is C16H21NO. The lowest BCUT2D eigenvalue weighted by Gasteiger charge is -2.52. The molecule has 1 N–H and O–H groups in total. The molecule has 5 atom stereocenters. The highest BCUT2D eigenvalue weighted by Gasteiger charge is 2.79. The van der Waals surface area contributed by atoms with E-state index in [0.717, 1.165) is 30.8 Å². The van der Waals surface area contributed by atoms with E-state index in [9.17, 15) is 5.11 Å². The first-order valence-corrected chi connectivity index (χ1v) is 6.83. The number of nitriles is 1. The van der Waals surface area contributed by atoms with Gasteiger partial charge in [0.2, 0.25) is 0 Å². The molecule has 0 aromatic carbocycles. The molecule has 2 heteroatoms. The Balaban J connectivity index is 2.04. The lowest BCUT2D eigenvalue weighted by molar-refractivity contribution is -0.104. The first kappa shape index (κ1) is 12.0. The summed E-state index contributed by atoms with van der Waals surface area (Å²) in [6.07, 6.45) is 7.01. The Hall–Kier alpha value is -1.07. The minimum atomic E-state index is -0.784. The first-order valence-electron chi connectivity index (χ1n) is 6.83. The fourth-order valence-corrected chi connectivity index (χ4v) is 5.18. The predicted octanol–water partition coefficient (Wildman–Crippen LogP) is 3.20. The zero-order valence-corrected chi connectivity index (χ0v) is 11.2. The topological polar surface area (TPSA) is 44.0 Å². The van der Waals surface area contributed by atoms with E-state index in [1.54, 1.807) is 6.08 Å². The summed E-state index contributed by atoms with van der Waals surface area (Å²) in [5, 5.41) is 20.4. The second kappa shape index (κ2) is 3.27. The number of fused-ring (bicyclic) bond motifs is 1. The van der Waals surface area contributed by atoms with Crippen LogP contribution < -0.4 is 0 Å². The number of allylic oxidation sites excluding steroid dienone is 2. The van der Waals surface area contributed by atoms with Gasteiger partial charge in [-0.3, -0.25) is 0 Å². The van der Waals surface area contributed by atoms with Crippen LogP contribution in [0.25, 0.3) is 0 Å². The molecule has 0 aliphatic heterocycles. The predicted molar refractivity (Wildman–Crippen MR) is 70.5 cm³/mol. The molecule has 1 unspecified atom stereocenters. The highest BCUT2D eigenvalue weighted by molar-refractivity contribution is 5.36. The van der Waals surface area contributed by atoms with Crippen molar-refractivity contribution in [1.29, 1.82) is 5.26 Å². The van der Waals surface area contributed by atoms with Gasteiger partial charge in [-0.2, -0.15) is 5.26 Å². The van der Waals surface area contributed by atoms with Crippen molar-refractivity contribution in [2.75, 3.05) is 0 Å². The SMILES string of the molecule is C=C/C=C(\C)[C@]1(O)C[C@@H]2C3C[C@@]1(CC#N)C[C@@]32C. The lowest BCUT2D eigenvalue weighted by atomic mass is 9.55. The molecule has 4 aliphatic rings. The van der Waals surface area contributed by atoms with Crippen LogP contribution >= 0.6 is 0 Å². The Morgan fingerprint density at radius 3 is 2.67 bits per heavy atom. The molecule has 4 aliphatic carbocycles. The van der Waals surface area contributed by atoms with Crippen molar-refractivity contribution in [3.8, 4) is 6.07 Å². The van der Waals surface area contributed by atoms with Crippen molar-refractivity contribution in [2.45, 2.75) is 45.1 Å². The summed E-state index contributed by atoms with van der Waals surface area (Å²) in [6.45, 7) is 8.05. The van der Waals surface area contributed by atoms with Gasteiger partial charge in [0.15, 0.2) is 0 Å². The van der Waals surface area contributed by atoms with E-state index >= 15 is 0 Å². The highest BCUT2D eigenvalue weighted by Crippen LogP contribution is 2.82. The van der Waals surface area contributed by atoms with Gasteiger partial charge in [0, 0.05) is 11.8 Å². The van der Waals surface area contributed by atoms with Crippen molar-refractivity contribution < 1.29 is 5.11 Å². The summed E-state index contributed by atoms with van der Waals surface area (Å²) in [5.41, 5.74) is 0.408. The van der Waals surface area contributed by atoms with E-state index in [1.165, 1.54) is 0 Å². The van der Waals surface area contributed by atoms with Gasteiger partial charge in [0.25, 0.3) is 0 Å². The van der Waals surface area contributed by atoms with Gasteiger partial charge in [-0.05, 0) is 49.0 Å². The zero-order chi connectivity index (χ0) is 13.2. The highest BCUT2D eigenvalue weighted by atomic mass is 16.3. The van der Waals surface area contributed by atoms with Gasteiger partial charge in [-0.15, -0.1) is 0 Å². The monoisotopic (exact) mass is 243 g/mol. The number of aliphatic hydroxyl groups is 1. The van der Waals surface area contributed by atoms with Gasteiger partial charge in [-0.1, -0.05) is 25.7 Å². The summed E-state index contributed by atoms with van der Waals surface area (Å²) in [7, 11) is 0. The third kappa shape index (κ3) is 1.12. The second-order valence-electron chi connectivity index (χ2n) is 6.86. The average molecular weight is 243 g/mol. The van der Waals surface area contributed by atoms with Crippen LogP contribution in [0.1, 0.15) is 39.5 Å². The standard InChI is InChI=1S/C16H21NO/c1-4-5-11(2)16(18)9-13-12-8-15(16,6-7-17)10-14(12,13)3/h4-5,12-13,18H,1,6,8-10H2,2-3H3/b11-5+/t12?,13-,14+,15+,16-/m1/s1. The van der Waals surface area contributed by atoms with E-state index in [0.29, 0.717) is 17.8 Å². The molecule has 0 aromatic rings. The van der Waals surface area contributed by atoms with Gasteiger partial charge in [0.05, 0.1) is 11.7 Å². The molecule has 2 nitrogen and oxygen atoms in total. The maximum Gasteiger partial charge on any atom is 0.0926 e. The van der Waals surface area contributed by atoms with E-state index in [2.05, 4.69) is 19.6 Å². The molecular weight excluding hydrogens is 222 g/mol. The molecule has 4 saturated carbocycles. The van der Waals surface area contributed by atoms with Crippen molar-refractivity contribution in [1.82, 2.24) is 0 Å². The fourth-order valence-electron chi connectivity index (χ4n) is 5.18. The summed E-state index contributed by atoms with van der Waals surface area (Å²) < 4.78 is 0. The molecule has 0 aromatic heterocycles. The van der Waals surface area contributed by atoms with Crippen LogP contribution in [0.3, 0.4) is 0 Å². The first-order chi connectivity index (χ1) is 8.43. The Bertz CT molecular complexity index is 488. The molecule has 0 saturated heterocycles. The molecule has 18 heavy (non-hydrogen) atoms. The van der Waals surface area contributed by atoms with Gasteiger partial charge in [-0.25, -0.2) is 0 Å². The van der Waals surface area contributed by atoms with E-state index in [4.69, 9.17) is 5.26 Å². The summed E-state index contributed by atoms with van der Waals surface area (Å²) >= 11 is 0. The van der Waals surface area contributed by atoms with Gasteiger partial charge in [0.1, 0.15) is 0 Å². The van der Waals surface area contributed by atoms with Crippen LogP contribution in [-0.2, 0) is 0 Å². The van der Waals surface area contributed by atoms with Crippen molar-refractivity contribution in [2.24, 2.45) is 22.7 Å². The zero-order valence-electron chi connectivity index (χ0n) is 11.2. The van der Waals surface area contributed by atoms with Crippen molar-refractivity contribution in [3.63, 3.8) is 0 Å². The molecule has 0 heterocycles. The molecule has 4 fully saturated rings. The number of rotatable bonds is 3. The van der Waals surface area contributed by atoms with Gasteiger partial charge < -0.3 is 5.11 Å². The molecule has 96 valence electrons. The van der Waals surface area contributed by atoms with Crippen LogP contribution in [0, 0.1) is 34.0 Å². The minimum Gasteiger partial charge on any atom is -0.385 e. The summed E-state index contributed by atoms with van der Waals surface area (Å²) in [6, 6.07) is 2.32. The minimum absolute atomic E-state index is 0.209. The quantitative estimate of drug-likeness (QED) is 0.774.